The number of nitrogens with one attached hydrogen (secondary N) is 1. The van der Waals surface area contributed by atoms with Crippen LogP contribution in [-0.2, 0) is 11.1 Å². The highest BCUT2D eigenvalue weighted by molar-refractivity contribution is 5.95. The van der Waals surface area contributed by atoms with Gasteiger partial charge in [0.2, 0.25) is 5.60 Å². The number of aliphatic hydroxyl groups excluding tert-OH is 1. The number of aromatic nitrogens is 1. The number of alkyl halides is 3. The van der Waals surface area contributed by atoms with Gasteiger partial charge >= 0.3 is 6.18 Å². The van der Waals surface area contributed by atoms with Gasteiger partial charge in [-0.2, -0.15) is 13.2 Å². The Morgan fingerprint density at radius 2 is 1.88 bits per heavy atom. The van der Waals surface area contributed by atoms with Gasteiger partial charge in [0.05, 0.1) is 31.5 Å². The molecule has 0 aliphatic carbocycles. The second-order valence-corrected chi connectivity index (χ2v) is 9.42. The van der Waals surface area contributed by atoms with Crippen LogP contribution < -0.4 is 25.3 Å². The molecule has 2 aromatic carbocycles. The Morgan fingerprint density at radius 3 is 2.50 bits per heavy atom. The van der Waals surface area contributed by atoms with Crippen molar-refractivity contribution >= 4 is 5.91 Å². The zero-order valence-electron chi connectivity index (χ0n) is 21.5. The van der Waals surface area contributed by atoms with Crippen LogP contribution >= 0.6 is 0 Å². The summed E-state index contributed by atoms with van der Waals surface area (Å²) in [5.74, 6) is -1.08. The number of aliphatic hydroxyl groups is 2. The van der Waals surface area contributed by atoms with E-state index in [4.69, 9.17) is 25.1 Å². The van der Waals surface area contributed by atoms with E-state index in [2.05, 4.69) is 10.3 Å². The van der Waals surface area contributed by atoms with Gasteiger partial charge in [0.1, 0.15) is 24.7 Å². The molecule has 1 amide bonds. The number of amides is 1. The lowest BCUT2D eigenvalue weighted by Crippen LogP contribution is -2.51. The van der Waals surface area contributed by atoms with E-state index >= 15 is 0 Å². The molecule has 2 atom stereocenters. The van der Waals surface area contributed by atoms with Crippen LogP contribution in [0.25, 0.3) is 11.3 Å². The van der Waals surface area contributed by atoms with Gasteiger partial charge in [-0.3, -0.25) is 4.79 Å². The summed E-state index contributed by atoms with van der Waals surface area (Å²) in [5, 5.41) is 22.1. The molecule has 0 saturated carbocycles. The normalized spacial score (nSPS) is 17.9. The van der Waals surface area contributed by atoms with Crippen molar-refractivity contribution in [1.82, 2.24) is 10.3 Å². The van der Waals surface area contributed by atoms with Crippen molar-refractivity contribution in [3.63, 3.8) is 0 Å². The van der Waals surface area contributed by atoms with Crippen LogP contribution in [0.5, 0.6) is 17.2 Å². The van der Waals surface area contributed by atoms with Crippen LogP contribution in [0.3, 0.4) is 0 Å². The molecule has 5 N–H and O–H groups in total. The number of nitrogens with two attached hydrogens (primary N) is 1. The number of hydrogen-bond donors (Lipinski definition) is 4. The minimum Gasteiger partial charge on any atom is -0.493 e. The number of carbonyl (C=O) groups excluding carboxylic acids is 1. The summed E-state index contributed by atoms with van der Waals surface area (Å²) < 4.78 is 73.0. The van der Waals surface area contributed by atoms with E-state index in [1.54, 1.807) is 6.92 Å². The maximum Gasteiger partial charge on any atom is 0.424 e. The molecule has 3 aromatic rings. The fraction of sp³-hybridized carbons (Fsp3) is 0.333. The van der Waals surface area contributed by atoms with Crippen LogP contribution in [0.1, 0.15) is 28.5 Å². The Hall–Kier alpha value is -3.94. The number of benzene rings is 2. The fourth-order valence-electron chi connectivity index (χ4n) is 4.15. The zero-order valence-corrected chi connectivity index (χ0v) is 21.5. The number of methoxy groups -OCH3 is 1. The average Bonchev–Trinajstić information content (AvgIpc) is 3.23. The highest BCUT2D eigenvalue weighted by atomic mass is 19.4. The van der Waals surface area contributed by atoms with Crippen LogP contribution in [0.15, 0.2) is 48.5 Å². The van der Waals surface area contributed by atoms with Gasteiger partial charge in [-0.25, -0.2) is 9.37 Å². The number of ether oxygens (including phenoxy) is 3. The molecule has 2 heterocycles. The molecule has 0 bridgehead atoms. The Labute approximate surface area is 226 Å². The van der Waals surface area contributed by atoms with Crippen molar-refractivity contribution in [3.8, 4) is 28.5 Å². The number of nitrogens with zero attached hydrogens (tertiary/aromatic N) is 1. The molecular weight excluding hydrogens is 538 g/mol. The third-order valence-electron chi connectivity index (χ3n) is 6.39. The predicted molar refractivity (Wildman–Crippen MR) is 135 cm³/mol. The summed E-state index contributed by atoms with van der Waals surface area (Å²) in [6.45, 7) is -0.121. The Bertz CT molecular complexity index is 1400. The molecule has 214 valence electrons. The maximum atomic E-state index is 14.5. The van der Waals surface area contributed by atoms with E-state index in [0.29, 0.717) is 0 Å². The second kappa shape index (κ2) is 10.9. The Morgan fingerprint density at radius 1 is 1.18 bits per heavy atom. The van der Waals surface area contributed by atoms with Crippen molar-refractivity contribution in [3.05, 3.63) is 71.2 Å². The van der Waals surface area contributed by atoms with Gasteiger partial charge in [-0.15, -0.1) is 0 Å². The summed E-state index contributed by atoms with van der Waals surface area (Å²) in [5.41, 5.74) is 0.840. The molecule has 0 fully saturated rings. The van der Waals surface area contributed by atoms with Crippen molar-refractivity contribution < 1.29 is 46.8 Å². The van der Waals surface area contributed by atoms with E-state index in [1.807, 2.05) is 0 Å². The van der Waals surface area contributed by atoms with Crippen molar-refractivity contribution in [2.45, 2.75) is 24.2 Å². The summed E-state index contributed by atoms with van der Waals surface area (Å²) >= 11 is 0. The highest BCUT2D eigenvalue weighted by Crippen LogP contribution is 2.46. The molecule has 1 aliphatic heterocycles. The quantitative estimate of drug-likeness (QED) is 0.291. The van der Waals surface area contributed by atoms with Crippen molar-refractivity contribution in [2.75, 3.05) is 33.5 Å². The monoisotopic (exact) mass is 565 g/mol. The first-order chi connectivity index (χ1) is 18.8. The van der Waals surface area contributed by atoms with Crippen molar-refractivity contribution in [2.24, 2.45) is 5.73 Å². The molecule has 1 unspecified atom stereocenters. The number of hydrogen-bond acceptors (Lipinski definition) is 8. The van der Waals surface area contributed by atoms with Crippen LogP contribution in [-0.4, -0.2) is 60.8 Å². The zero-order chi connectivity index (χ0) is 29.3. The van der Waals surface area contributed by atoms with Gasteiger partial charge < -0.3 is 35.5 Å². The van der Waals surface area contributed by atoms with Gasteiger partial charge in [0, 0.05) is 16.7 Å². The number of rotatable bonds is 9. The van der Waals surface area contributed by atoms with E-state index < -0.39 is 41.3 Å². The lowest BCUT2D eigenvalue weighted by atomic mass is 9.89. The fourth-order valence-corrected chi connectivity index (χ4v) is 4.15. The summed E-state index contributed by atoms with van der Waals surface area (Å²) in [7, 11) is 1.30. The van der Waals surface area contributed by atoms with Gasteiger partial charge in [-0.05, 0) is 55.5 Å². The summed E-state index contributed by atoms with van der Waals surface area (Å²) in [6.07, 6.45) is -5.29. The second-order valence-electron chi connectivity index (χ2n) is 9.42. The predicted octanol–water partition coefficient (Wildman–Crippen LogP) is 3.01. The molecule has 1 aromatic heterocycles. The molecule has 4 rings (SSSR count). The van der Waals surface area contributed by atoms with Gasteiger partial charge in [0.15, 0.2) is 17.2 Å². The smallest absolute Gasteiger partial charge is 0.424 e. The first-order valence-electron chi connectivity index (χ1n) is 12.0. The molecule has 13 heteroatoms. The van der Waals surface area contributed by atoms with Crippen LogP contribution in [0.4, 0.5) is 17.6 Å². The van der Waals surface area contributed by atoms with E-state index in [0.717, 1.165) is 18.2 Å². The lowest BCUT2D eigenvalue weighted by Gasteiger charge is -2.31. The minimum atomic E-state index is -5.29. The molecular formula is C27H27F4N3O6. The highest BCUT2D eigenvalue weighted by Gasteiger charge is 2.57. The summed E-state index contributed by atoms with van der Waals surface area (Å²) in [6, 6.07) is 9.74. The molecule has 40 heavy (non-hydrogen) atoms. The number of halogens is 4. The van der Waals surface area contributed by atoms with E-state index in [-0.39, 0.29) is 59.5 Å². The topological polar surface area (TPSA) is 136 Å². The van der Waals surface area contributed by atoms with Crippen LogP contribution in [0, 0.1) is 5.82 Å². The largest absolute Gasteiger partial charge is 0.493 e. The lowest BCUT2D eigenvalue weighted by molar-refractivity contribution is -0.265. The number of carbonyl (C=O) groups is 1. The Kier molecular flexibility index (Phi) is 7.92. The third kappa shape index (κ3) is 5.53. The SMILES string of the molecule is COc1cc(C(=O)NCC(O)(c2cc3c(c(-c4ccc(F)cc4)n2)OC[C@]3(C)N)C(F)(F)F)ccc1OCCO. The standard InChI is InChI=1S/C27H27F4N3O6/c1-25(32)14-40-23-18(25)12-21(34-22(23)15-3-6-17(28)7-4-15)26(37,27(29,30)31)13-33-24(36)16-5-8-19(39-10-9-35)20(11-16)38-2/h3-8,11-12,35,37H,9-10,13-14,32H2,1-2H3,(H,33,36)/t25-,26?/m0/s1. The third-order valence-corrected chi connectivity index (χ3v) is 6.39. The number of fused-ring (bicyclic) bond motifs is 1. The van der Waals surface area contributed by atoms with Crippen LogP contribution in [0.2, 0.25) is 0 Å². The average molecular weight is 566 g/mol. The molecule has 0 saturated heterocycles. The minimum absolute atomic E-state index is 0.0406. The molecule has 0 spiro atoms. The van der Waals surface area contributed by atoms with Gasteiger partial charge in [-0.1, -0.05) is 0 Å². The first-order valence-corrected chi connectivity index (χ1v) is 12.0. The maximum absolute atomic E-state index is 14.5. The van der Waals surface area contributed by atoms with E-state index in [1.165, 1.54) is 37.4 Å². The van der Waals surface area contributed by atoms with Gasteiger partial charge in [0.25, 0.3) is 5.91 Å². The van der Waals surface area contributed by atoms with E-state index in [9.17, 15) is 27.5 Å². The molecule has 9 nitrogen and oxygen atoms in total. The number of pyridine rings is 1. The van der Waals surface area contributed by atoms with Crippen molar-refractivity contribution in [1.29, 1.82) is 0 Å². The molecule has 0 radical (unpaired) electrons. The molecule has 1 aliphatic rings. The first kappa shape index (κ1) is 29.1. The Balaban J connectivity index is 1.71. The summed E-state index contributed by atoms with van der Waals surface area (Å²) in [4.78, 5) is 16.9.